The van der Waals surface area contributed by atoms with Gasteiger partial charge >= 0.3 is 8.69 Å². The molecule has 1 saturated heterocycles. The van der Waals surface area contributed by atoms with E-state index in [4.69, 9.17) is 15.0 Å². The average molecular weight is 990 g/mol. The highest BCUT2D eigenvalue weighted by atomic mass is 32.2. The monoisotopic (exact) mass is 989 g/mol. The number of hydrogen-bond acceptors (Lipinski definition) is 15. The largest absolute Gasteiger partial charge is 0.464 e. The number of primary amides is 1. The molecule has 12 N–H and O–H groups in total. The molecule has 0 saturated carbocycles. The summed E-state index contributed by atoms with van der Waals surface area (Å²) in [5.41, 5.74) is 6.23. The first kappa shape index (κ1) is 52.6. The number of rotatable bonds is 12. The maximum absolute atomic E-state index is 14.5. The molecule has 0 radical (unpaired) electrons. The molecule has 25 nitrogen and oxygen atoms in total. The van der Waals surface area contributed by atoms with Gasteiger partial charge in [-0.1, -0.05) is 40.5 Å². The van der Waals surface area contributed by atoms with E-state index in [1.807, 2.05) is 0 Å². The number of hydrogen-bond donors (Lipinski definition) is 11. The second kappa shape index (κ2) is 24.1. The van der Waals surface area contributed by atoms with Crippen LogP contribution in [0.4, 0.5) is 5.69 Å². The lowest BCUT2D eigenvalue weighted by Gasteiger charge is -2.32. The molecule has 1 fully saturated rings. The van der Waals surface area contributed by atoms with Crippen molar-refractivity contribution in [2.75, 3.05) is 37.5 Å². The number of benzene rings is 1. The number of aliphatic hydroxyl groups is 1. The number of thioether (sulfide) groups is 1. The van der Waals surface area contributed by atoms with E-state index >= 15 is 0 Å². The summed E-state index contributed by atoms with van der Waals surface area (Å²) in [6.45, 7) is 4.57. The van der Waals surface area contributed by atoms with E-state index in [-0.39, 0.29) is 35.1 Å². The van der Waals surface area contributed by atoms with Crippen LogP contribution in [0.25, 0.3) is 10.9 Å². The third-order valence-corrected chi connectivity index (χ3v) is 13.3. The van der Waals surface area contributed by atoms with Gasteiger partial charge in [-0.05, 0) is 23.5 Å². The number of carbonyl (C=O) groups is 10. The van der Waals surface area contributed by atoms with E-state index in [1.54, 1.807) is 27.7 Å². The van der Waals surface area contributed by atoms with Crippen LogP contribution in [-0.4, -0.2) is 149 Å². The first-order valence-electron chi connectivity index (χ1n) is 21.8. The molecule has 10 amide bonds. The Balaban J connectivity index is 1.74. The first-order valence-corrected chi connectivity index (χ1v) is 23.5. The number of nitrogens with two attached hydrogens (primary N) is 1. The summed E-state index contributed by atoms with van der Waals surface area (Å²) in [6, 6.07) is -5.87. The molecular weight excluding hydrogens is 934 g/mol. The highest BCUT2D eigenvalue weighted by Crippen LogP contribution is 2.38. The molecule has 68 heavy (non-hydrogen) atoms. The lowest BCUT2D eigenvalue weighted by molar-refractivity contribution is -0.143. The molecule has 3 aliphatic rings. The Morgan fingerprint density at radius 1 is 0.897 bits per heavy atom. The quantitative estimate of drug-likeness (QED) is 0.0455. The molecule has 2 bridgehead atoms. The van der Waals surface area contributed by atoms with Gasteiger partial charge in [0.1, 0.15) is 42.0 Å². The summed E-state index contributed by atoms with van der Waals surface area (Å²) in [7, 11) is -0.692. The van der Waals surface area contributed by atoms with Crippen LogP contribution in [0.3, 0.4) is 0 Å². The van der Waals surface area contributed by atoms with Gasteiger partial charge in [0.25, 0.3) is 0 Å². The van der Waals surface area contributed by atoms with Crippen LogP contribution in [0, 0.1) is 11.8 Å². The lowest BCUT2D eigenvalue weighted by Crippen LogP contribution is -2.61. The first-order chi connectivity index (χ1) is 32.4. The summed E-state index contributed by atoms with van der Waals surface area (Å²) in [4.78, 5) is 141. The molecule has 1 unspecified atom stereocenters. The van der Waals surface area contributed by atoms with Gasteiger partial charge in [-0.15, -0.1) is 11.8 Å². The van der Waals surface area contributed by atoms with E-state index in [2.05, 4.69) is 47.5 Å². The Morgan fingerprint density at radius 2 is 1.56 bits per heavy atom. The number of aromatic amines is 1. The van der Waals surface area contributed by atoms with Gasteiger partial charge in [0.05, 0.1) is 41.8 Å². The minimum absolute atomic E-state index is 0.0369. The third kappa shape index (κ3) is 13.2. The van der Waals surface area contributed by atoms with Crippen LogP contribution < -0.4 is 53.0 Å². The number of aliphatic hydroxyl groups excluding tert-OH is 1. The molecule has 0 aliphatic carbocycles. The molecule has 27 heteroatoms. The van der Waals surface area contributed by atoms with Crippen LogP contribution in [0.2, 0.25) is 0 Å². The number of fused-ring (bicyclic) bond motifs is 5. The molecular formula is C41H56N11O14PS. The smallest absolute Gasteiger partial charge is 0.330 e. The SMILES string of the molecule is CCC(C)[C@@H]1NC(=O)[C@@H]2C[C@@H](O)CN2C(=O)[C@H](CC(N)=O)NC(=O)[C@@H]2CSc3[nH]c4cc(OCOP=O)c(NC=O)cc4c3C[C@H](NC1=O)C(=O)NCC(=O)N[C@H]([C@@H](C)CC)C(=O)NCC(=O)N2. The molecule has 1 aromatic heterocycles. The number of amides is 10. The van der Waals surface area contributed by atoms with Gasteiger partial charge in [0.15, 0.2) is 0 Å². The van der Waals surface area contributed by atoms with Gasteiger partial charge in [0, 0.05) is 36.6 Å². The van der Waals surface area contributed by atoms with Crippen molar-refractivity contribution in [2.24, 2.45) is 17.6 Å². The van der Waals surface area contributed by atoms with Crippen molar-refractivity contribution in [2.45, 2.75) is 107 Å². The zero-order valence-electron chi connectivity index (χ0n) is 37.6. The standard InChI is InChI=1S/C41H56N11O14PS/c1-5-18(3)33-38(61)44-12-31(56)46-27-15-68-40-22(21-8-24(45-16-53)29(10-23(21)49-40)65-17-66-67-64)9-25(35(58)43-13-32(57)50-33)47-39(62)34(19(4)6-2)51-37(60)28-7-20(54)14-52(28)41(63)26(11-30(42)55)48-36(27)59/h8,10,16,18-20,25-28,33-34,49,54H,5-7,9,11-15,17H2,1-4H3,(H2,42,55)(H,43,58)(H,44,61)(H,45,53)(H,46,56)(H,47,62)(H,48,59)(H,50,57)(H,51,60)/t18-,19?,20+,25-,26-,27-,28-,33+,34-/m0/s1. The minimum atomic E-state index is -1.72. The lowest BCUT2D eigenvalue weighted by atomic mass is 9.96. The fourth-order valence-electron chi connectivity index (χ4n) is 7.88. The van der Waals surface area contributed by atoms with E-state index in [0.717, 1.165) is 16.7 Å². The Hall–Kier alpha value is -6.37. The molecule has 9 atom stereocenters. The molecule has 4 heterocycles. The number of ether oxygens (including phenoxy) is 1. The number of nitrogens with one attached hydrogen (secondary N) is 9. The van der Waals surface area contributed by atoms with Gasteiger partial charge < -0.3 is 68.0 Å². The van der Waals surface area contributed by atoms with Gasteiger partial charge in [-0.2, -0.15) is 0 Å². The van der Waals surface area contributed by atoms with Crippen molar-refractivity contribution in [3.8, 4) is 5.75 Å². The summed E-state index contributed by atoms with van der Waals surface area (Å²) < 4.78 is 21.4. The van der Waals surface area contributed by atoms with Crippen molar-refractivity contribution in [3.05, 3.63) is 17.7 Å². The zero-order valence-corrected chi connectivity index (χ0v) is 39.3. The van der Waals surface area contributed by atoms with Crippen molar-refractivity contribution in [3.63, 3.8) is 0 Å². The fraction of sp³-hybridized carbons (Fsp3) is 0.561. The van der Waals surface area contributed by atoms with Crippen LogP contribution >= 0.6 is 20.4 Å². The predicted molar refractivity (Wildman–Crippen MR) is 241 cm³/mol. The normalized spacial score (nSPS) is 25.8. The number of aromatic nitrogens is 1. The summed E-state index contributed by atoms with van der Waals surface area (Å²) >= 11 is 0.931. The van der Waals surface area contributed by atoms with Gasteiger partial charge in [0.2, 0.25) is 66.4 Å². The van der Waals surface area contributed by atoms with Crippen molar-refractivity contribution >= 4 is 96.6 Å². The number of carbonyl (C=O) groups excluding carboxylic acids is 10. The van der Waals surface area contributed by atoms with Crippen LogP contribution in [-0.2, 0) is 63.5 Å². The average Bonchev–Trinajstić information content (AvgIpc) is 3.86. The second-order valence-corrected chi connectivity index (χ2v) is 18.1. The topological polar surface area (TPSA) is 368 Å². The maximum Gasteiger partial charge on any atom is 0.330 e. The Morgan fingerprint density at radius 3 is 2.21 bits per heavy atom. The van der Waals surface area contributed by atoms with E-state index in [9.17, 15) is 57.6 Å². The summed E-state index contributed by atoms with van der Waals surface area (Å²) in [5.74, 6) is -9.46. The Labute approximate surface area is 395 Å². The highest BCUT2D eigenvalue weighted by molar-refractivity contribution is 7.99. The second-order valence-electron chi connectivity index (χ2n) is 16.6. The minimum Gasteiger partial charge on any atom is -0.464 e. The zero-order chi connectivity index (χ0) is 49.8. The molecule has 1 aromatic carbocycles. The molecule has 0 spiro atoms. The Kier molecular flexibility index (Phi) is 18.6. The highest BCUT2D eigenvalue weighted by Gasteiger charge is 2.44. The summed E-state index contributed by atoms with van der Waals surface area (Å²) in [5, 5.41) is 31.8. The van der Waals surface area contributed by atoms with E-state index < -0.39 is 149 Å². The Bertz CT molecular complexity index is 2300. The van der Waals surface area contributed by atoms with Gasteiger partial charge in [-0.25, -0.2) is 4.57 Å². The van der Waals surface area contributed by atoms with Crippen molar-refractivity contribution in [1.29, 1.82) is 0 Å². The van der Waals surface area contributed by atoms with Crippen molar-refractivity contribution in [1.82, 2.24) is 47.1 Å². The number of H-pyrrole nitrogens is 1. The van der Waals surface area contributed by atoms with Crippen LogP contribution in [0.15, 0.2) is 17.2 Å². The molecule has 5 rings (SSSR count). The van der Waals surface area contributed by atoms with E-state index in [1.165, 1.54) is 12.1 Å². The number of nitrogens with zero attached hydrogens (tertiary/aromatic N) is 1. The predicted octanol–water partition coefficient (Wildman–Crippen LogP) is -2.46. The van der Waals surface area contributed by atoms with Crippen LogP contribution in [0.5, 0.6) is 5.75 Å². The molecule has 370 valence electrons. The van der Waals surface area contributed by atoms with Crippen LogP contribution in [0.1, 0.15) is 58.9 Å². The summed E-state index contributed by atoms with van der Waals surface area (Å²) in [6.07, 6.45) is -1.58. The number of anilines is 1. The molecule has 3 aliphatic heterocycles. The molecule has 2 aromatic rings. The van der Waals surface area contributed by atoms with Gasteiger partial charge in [-0.3, -0.25) is 52.5 Å². The fourth-order valence-corrected chi connectivity index (χ4v) is 9.09. The van der Waals surface area contributed by atoms with E-state index in [0.29, 0.717) is 35.7 Å². The van der Waals surface area contributed by atoms with Crippen molar-refractivity contribution < 1.29 is 66.9 Å². The third-order valence-electron chi connectivity index (χ3n) is 11.9. The maximum atomic E-state index is 14.5.